The van der Waals surface area contributed by atoms with E-state index >= 15 is 0 Å². The first-order valence-corrected chi connectivity index (χ1v) is 5.12. The Morgan fingerprint density at radius 3 is 2.00 bits per heavy atom. The van der Waals surface area contributed by atoms with Crippen LogP contribution in [0.2, 0.25) is 0 Å². The van der Waals surface area contributed by atoms with Crippen LogP contribution in [0.15, 0.2) is 29.2 Å². The Labute approximate surface area is 86.5 Å². The van der Waals surface area contributed by atoms with Crippen LogP contribution in [0, 0.1) is 6.92 Å². The number of alkyl halides is 3. The van der Waals surface area contributed by atoms with Gasteiger partial charge in [0, 0.05) is 4.90 Å². The van der Waals surface area contributed by atoms with Gasteiger partial charge in [0.1, 0.15) is 0 Å². The molecule has 0 aromatic heterocycles. The summed E-state index contributed by atoms with van der Waals surface area (Å²) in [7, 11) is 0. The lowest BCUT2D eigenvalue weighted by atomic mass is 10.2. The molecule has 0 atom stereocenters. The van der Waals surface area contributed by atoms with Gasteiger partial charge in [0.25, 0.3) is 0 Å². The molecule has 0 amide bonds. The lowest BCUT2D eigenvalue weighted by Crippen LogP contribution is -1.99. The summed E-state index contributed by atoms with van der Waals surface area (Å²) < 4.78 is 35.7. The normalized spacial score (nSPS) is 10.4. The quantitative estimate of drug-likeness (QED) is 0.624. The van der Waals surface area contributed by atoms with Gasteiger partial charge in [0.15, 0.2) is 0 Å². The van der Waals surface area contributed by atoms with Crippen LogP contribution in [0.25, 0.3) is 0 Å². The number of halogens is 3. The summed E-state index contributed by atoms with van der Waals surface area (Å²) in [6.45, 7) is 5.66. The fourth-order valence-corrected chi connectivity index (χ4v) is 1.42. The molecule has 0 spiro atoms. The molecular formula is C10H13F3S. The Bertz CT molecular complexity index is 268. The van der Waals surface area contributed by atoms with Crippen molar-refractivity contribution in [1.82, 2.24) is 0 Å². The van der Waals surface area contributed by atoms with Crippen molar-refractivity contribution < 1.29 is 13.2 Å². The molecule has 1 aromatic carbocycles. The molecule has 0 aliphatic carbocycles. The van der Waals surface area contributed by atoms with Crippen LogP contribution in [0.4, 0.5) is 13.2 Å². The molecule has 1 aromatic rings. The molecule has 1 rings (SSSR count). The zero-order chi connectivity index (χ0) is 11.2. The molecule has 0 nitrogen and oxygen atoms in total. The molecule has 0 fully saturated rings. The number of hydrogen-bond acceptors (Lipinski definition) is 1. The van der Waals surface area contributed by atoms with Crippen molar-refractivity contribution in [3.63, 3.8) is 0 Å². The van der Waals surface area contributed by atoms with Crippen LogP contribution < -0.4 is 0 Å². The third-order valence-corrected chi connectivity index (χ3v) is 2.23. The average Bonchev–Trinajstić information content (AvgIpc) is 2.10. The Hall–Kier alpha value is -0.640. The van der Waals surface area contributed by atoms with E-state index in [1.165, 1.54) is 6.07 Å². The zero-order valence-electron chi connectivity index (χ0n) is 8.35. The van der Waals surface area contributed by atoms with E-state index in [0.29, 0.717) is 5.56 Å². The maximum absolute atomic E-state index is 11.9. The number of hydrogen-bond donors (Lipinski definition) is 0. The molecule has 80 valence electrons. The van der Waals surface area contributed by atoms with E-state index in [1.807, 2.05) is 13.8 Å². The van der Waals surface area contributed by atoms with Crippen LogP contribution in [-0.2, 0) is 0 Å². The molecular weight excluding hydrogens is 209 g/mol. The van der Waals surface area contributed by atoms with E-state index in [0.717, 1.165) is 0 Å². The standard InChI is InChI=1S/C8H7F3S.C2H6/c1-6-4-2-3-5-7(6)12-8(9,10)11;1-2/h2-5H,1H3;1-2H3. The van der Waals surface area contributed by atoms with Crippen LogP contribution in [-0.4, -0.2) is 5.51 Å². The molecule has 0 saturated carbocycles. The third kappa shape index (κ3) is 5.17. The summed E-state index contributed by atoms with van der Waals surface area (Å²) in [5.74, 6) is 0. The minimum atomic E-state index is -4.19. The Kier molecular flexibility index (Phi) is 5.69. The molecule has 0 heterocycles. The smallest absolute Gasteiger partial charge is 0.160 e. The maximum Gasteiger partial charge on any atom is 0.446 e. The summed E-state index contributed by atoms with van der Waals surface area (Å²) in [5, 5.41) is 0. The van der Waals surface area contributed by atoms with Gasteiger partial charge in [0.2, 0.25) is 0 Å². The van der Waals surface area contributed by atoms with Crippen molar-refractivity contribution in [2.45, 2.75) is 31.2 Å². The Morgan fingerprint density at radius 2 is 1.57 bits per heavy atom. The van der Waals surface area contributed by atoms with Crippen molar-refractivity contribution in [3.05, 3.63) is 29.8 Å². The molecule has 0 radical (unpaired) electrons. The van der Waals surface area contributed by atoms with Gasteiger partial charge < -0.3 is 0 Å². The highest BCUT2D eigenvalue weighted by molar-refractivity contribution is 8.00. The van der Waals surface area contributed by atoms with Gasteiger partial charge in [0.05, 0.1) is 0 Å². The summed E-state index contributed by atoms with van der Waals surface area (Å²) in [6.07, 6.45) is 0. The first-order valence-electron chi connectivity index (χ1n) is 4.30. The van der Waals surface area contributed by atoms with Crippen molar-refractivity contribution in [1.29, 1.82) is 0 Å². The largest absolute Gasteiger partial charge is 0.446 e. The molecule has 0 bridgehead atoms. The minimum absolute atomic E-state index is 0.0726. The first kappa shape index (κ1) is 13.4. The van der Waals surface area contributed by atoms with Gasteiger partial charge in [-0.05, 0) is 30.3 Å². The SMILES string of the molecule is CC.Cc1ccccc1SC(F)(F)F. The predicted octanol–water partition coefficient (Wildman–Crippen LogP) is 4.63. The average molecular weight is 222 g/mol. The second-order valence-electron chi connectivity index (χ2n) is 2.31. The van der Waals surface area contributed by atoms with Crippen molar-refractivity contribution >= 4 is 11.8 Å². The summed E-state index contributed by atoms with van der Waals surface area (Å²) >= 11 is -0.0726. The zero-order valence-corrected chi connectivity index (χ0v) is 9.17. The number of benzene rings is 1. The van der Waals surface area contributed by atoms with E-state index < -0.39 is 5.51 Å². The first-order chi connectivity index (χ1) is 6.49. The topological polar surface area (TPSA) is 0 Å². The molecule has 0 saturated heterocycles. The second kappa shape index (κ2) is 5.96. The lowest BCUT2D eigenvalue weighted by Gasteiger charge is -2.07. The Balaban J connectivity index is 0.000000791. The minimum Gasteiger partial charge on any atom is -0.160 e. The summed E-state index contributed by atoms with van der Waals surface area (Å²) in [4.78, 5) is 0.269. The van der Waals surface area contributed by atoms with Gasteiger partial charge in [-0.1, -0.05) is 32.0 Å². The third-order valence-electron chi connectivity index (χ3n) is 1.32. The van der Waals surface area contributed by atoms with Crippen molar-refractivity contribution in [3.8, 4) is 0 Å². The van der Waals surface area contributed by atoms with E-state index in [1.54, 1.807) is 25.1 Å². The molecule has 0 aliphatic rings. The van der Waals surface area contributed by atoms with E-state index in [2.05, 4.69) is 0 Å². The lowest BCUT2D eigenvalue weighted by molar-refractivity contribution is -0.0328. The number of rotatable bonds is 1. The maximum atomic E-state index is 11.9. The van der Waals surface area contributed by atoms with Gasteiger partial charge >= 0.3 is 5.51 Å². The summed E-state index contributed by atoms with van der Waals surface area (Å²) in [6, 6.07) is 6.44. The van der Waals surface area contributed by atoms with Crippen LogP contribution in [0.5, 0.6) is 0 Å². The second-order valence-corrected chi connectivity index (χ2v) is 3.42. The number of aryl methyl sites for hydroxylation is 1. The monoisotopic (exact) mass is 222 g/mol. The van der Waals surface area contributed by atoms with E-state index in [9.17, 15) is 13.2 Å². The number of thioether (sulfide) groups is 1. The molecule has 0 unspecified atom stereocenters. The van der Waals surface area contributed by atoms with Gasteiger partial charge in [-0.2, -0.15) is 13.2 Å². The fraction of sp³-hybridized carbons (Fsp3) is 0.400. The van der Waals surface area contributed by atoms with Gasteiger partial charge in [-0.15, -0.1) is 0 Å². The highest BCUT2D eigenvalue weighted by atomic mass is 32.2. The Morgan fingerprint density at radius 1 is 1.07 bits per heavy atom. The highest BCUT2D eigenvalue weighted by Gasteiger charge is 2.29. The van der Waals surface area contributed by atoms with E-state index in [4.69, 9.17) is 0 Å². The van der Waals surface area contributed by atoms with Gasteiger partial charge in [-0.3, -0.25) is 0 Å². The molecule has 14 heavy (non-hydrogen) atoms. The van der Waals surface area contributed by atoms with E-state index in [-0.39, 0.29) is 16.7 Å². The summed E-state index contributed by atoms with van der Waals surface area (Å²) in [5.41, 5.74) is -3.54. The highest BCUT2D eigenvalue weighted by Crippen LogP contribution is 2.37. The molecule has 4 heteroatoms. The predicted molar refractivity (Wildman–Crippen MR) is 54.4 cm³/mol. The molecule has 0 N–H and O–H groups in total. The van der Waals surface area contributed by atoms with Gasteiger partial charge in [-0.25, -0.2) is 0 Å². The van der Waals surface area contributed by atoms with Crippen molar-refractivity contribution in [2.75, 3.05) is 0 Å². The molecule has 0 aliphatic heterocycles. The van der Waals surface area contributed by atoms with Crippen LogP contribution >= 0.6 is 11.8 Å². The fourth-order valence-electron chi connectivity index (χ4n) is 0.796. The van der Waals surface area contributed by atoms with Crippen LogP contribution in [0.1, 0.15) is 19.4 Å². The van der Waals surface area contributed by atoms with Crippen LogP contribution in [0.3, 0.4) is 0 Å². The van der Waals surface area contributed by atoms with Crippen molar-refractivity contribution in [2.24, 2.45) is 0 Å².